The summed E-state index contributed by atoms with van der Waals surface area (Å²) >= 11 is 0. The van der Waals surface area contributed by atoms with E-state index in [4.69, 9.17) is 0 Å². The molecule has 1 aliphatic rings. The van der Waals surface area contributed by atoms with Crippen LogP contribution in [-0.2, 0) is 4.79 Å². The van der Waals surface area contributed by atoms with Gasteiger partial charge in [0.05, 0.1) is 6.54 Å². The van der Waals surface area contributed by atoms with Gasteiger partial charge in [-0.05, 0) is 46.1 Å². The van der Waals surface area contributed by atoms with Gasteiger partial charge in [-0.15, -0.1) is 24.0 Å². The largest absolute Gasteiger partial charge is 0.386 e. The minimum atomic E-state index is -1.01. The highest BCUT2D eigenvalue weighted by molar-refractivity contribution is 14.0. The molecule has 164 valence electrons. The molecule has 1 fully saturated rings. The molecule has 3 unspecified atom stereocenters. The third-order valence-corrected chi connectivity index (χ3v) is 4.85. The molecule has 8 heteroatoms. The second-order valence-electron chi connectivity index (χ2n) is 7.63. The van der Waals surface area contributed by atoms with Crippen LogP contribution >= 0.6 is 24.0 Å². The summed E-state index contributed by atoms with van der Waals surface area (Å²) in [6.45, 7) is 6.62. The molecule has 4 N–H and O–H groups in total. The van der Waals surface area contributed by atoms with E-state index < -0.39 is 11.9 Å². The van der Waals surface area contributed by atoms with Gasteiger partial charge in [0.15, 0.2) is 5.96 Å². The first-order valence-electron chi connectivity index (χ1n) is 10.2. The lowest BCUT2D eigenvalue weighted by atomic mass is 9.85. The van der Waals surface area contributed by atoms with Crippen molar-refractivity contribution in [2.75, 3.05) is 13.1 Å². The summed E-state index contributed by atoms with van der Waals surface area (Å²) < 4.78 is 13.8. The first kappa shape index (κ1) is 25.6. The fraction of sp³-hybridized carbons (Fsp3) is 0.619. The monoisotopic (exact) mass is 520 g/mol. The smallest absolute Gasteiger partial charge is 0.223 e. The first-order valence-corrected chi connectivity index (χ1v) is 10.2. The maximum absolute atomic E-state index is 13.8. The fourth-order valence-corrected chi connectivity index (χ4v) is 3.50. The van der Waals surface area contributed by atoms with E-state index in [-0.39, 0.29) is 60.0 Å². The Hall–Kier alpha value is -1.42. The highest BCUT2D eigenvalue weighted by Gasteiger charge is 2.28. The summed E-state index contributed by atoms with van der Waals surface area (Å²) in [6, 6.07) is 6.46. The summed E-state index contributed by atoms with van der Waals surface area (Å²) in [4.78, 5) is 16.7. The van der Waals surface area contributed by atoms with Crippen LogP contribution in [-0.4, -0.2) is 42.1 Å². The molecule has 29 heavy (non-hydrogen) atoms. The number of hydrogen-bond donors (Lipinski definition) is 4. The molecular weight excluding hydrogens is 486 g/mol. The van der Waals surface area contributed by atoms with Crippen LogP contribution in [0.15, 0.2) is 29.3 Å². The number of halogens is 2. The van der Waals surface area contributed by atoms with E-state index in [0.717, 1.165) is 25.7 Å². The van der Waals surface area contributed by atoms with E-state index in [9.17, 15) is 14.3 Å². The van der Waals surface area contributed by atoms with Crippen LogP contribution in [0.2, 0.25) is 0 Å². The van der Waals surface area contributed by atoms with Crippen molar-refractivity contribution in [2.24, 2.45) is 10.9 Å². The van der Waals surface area contributed by atoms with Gasteiger partial charge in [-0.3, -0.25) is 9.79 Å². The van der Waals surface area contributed by atoms with Gasteiger partial charge in [0.2, 0.25) is 5.91 Å². The van der Waals surface area contributed by atoms with Crippen molar-refractivity contribution in [3.63, 3.8) is 0 Å². The Balaban J connectivity index is 0.00000420. The summed E-state index contributed by atoms with van der Waals surface area (Å²) in [5.74, 6) is 0.251. The molecule has 0 saturated heterocycles. The van der Waals surface area contributed by atoms with Crippen LogP contribution in [0, 0.1) is 11.7 Å². The molecule has 0 heterocycles. The Bertz CT molecular complexity index is 672. The molecule has 0 spiro atoms. The first-order chi connectivity index (χ1) is 13.4. The van der Waals surface area contributed by atoms with Crippen molar-refractivity contribution in [2.45, 2.75) is 64.6 Å². The molecule has 0 aromatic heterocycles. The lowest BCUT2D eigenvalue weighted by molar-refractivity contribution is -0.126. The Morgan fingerprint density at radius 3 is 2.69 bits per heavy atom. The highest BCUT2D eigenvalue weighted by Crippen LogP contribution is 2.24. The SMILES string of the molecule is CCNC(=NCC(O)c1ccccc1F)NC1CCCC(C(=O)NC(C)C)C1.I. The van der Waals surface area contributed by atoms with Crippen molar-refractivity contribution in [3.05, 3.63) is 35.6 Å². The number of nitrogens with one attached hydrogen (secondary N) is 3. The number of amides is 1. The Morgan fingerprint density at radius 1 is 1.31 bits per heavy atom. The zero-order valence-corrected chi connectivity index (χ0v) is 19.8. The second kappa shape index (κ2) is 13.0. The number of nitrogens with zero attached hydrogens (tertiary/aromatic N) is 1. The minimum Gasteiger partial charge on any atom is -0.386 e. The molecule has 1 aromatic rings. The zero-order chi connectivity index (χ0) is 20.5. The lowest BCUT2D eigenvalue weighted by Crippen LogP contribution is -2.47. The lowest BCUT2D eigenvalue weighted by Gasteiger charge is -2.30. The van der Waals surface area contributed by atoms with Gasteiger partial charge in [0.25, 0.3) is 0 Å². The van der Waals surface area contributed by atoms with Crippen LogP contribution in [0.4, 0.5) is 4.39 Å². The summed E-state index contributed by atoms with van der Waals surface area (Å²) in [5, 5.41) is 19.8. The van der Waals surface area contributed by atoms with Crippen LogP contribution in [0.5, 0.6) is 0 Å². The third kappa shape index (κ3) is 8.46. The summed E-state index contributed by atoms with van der Waals surface area (Å²) in [7, 11) is 0. The van der Waals surface area contributed by atoms with Crippen LogP contribution in [0.3, 0.4) is 0 Å². The molecule has 0 radical (unpaired) electrons. The molecule has 1 aliphatic carbocycles. The fourth-order valence-electron chi connectivity index (χ4n) is 3.50. The molecule has 1 aromatic carbocycles. The number of aliphatic imine (C=N–C) groups is 1. The molecule has 2 rings (SSSR count). The average molecular weight is 520 g/mol. The Morgan fingerprint density at radius 2 is 2.03 bits per heavy atom. The quantitative estimate of drug-likeness (QED) is 0.253. The van der Waals surface area contributed by atoms with Gasteiger partial charge in [-0.25, -0.2) is 4.39 Å². The Kier molecular flexibility index (Phi) is 11.5. The van der Waals surface area contributed by atoms with Crippen LogP contribution < -0.4 is 16.0 Å². The van der Waals surface area contributed by atoms with Crippen molar-refractivity contribution in [1.29, 1.82) is 0 Å². The maximum Gasteiger partial charge on any atom is 0.223 e. The van der Waals surface area contributed by atoms with Gasteiger partial charge >= 0.3 is 0 Å². The summed E-state index contributed by atoms with van der Waals surface area (Å²) in [5.41, 5.74) is 0.241. The number of aliphatic hydroxyl groups is 1. The number of guanidine groups is 1. The number of benzene rings is 1. The predicted octanol–water partition coefficient (Wildman–Crippen LogP) is 3.12. The average Bonchev–Trinajstić information content (AvgIpc) is 2.66. The number of aliphatic hydroxyl groups excluding tert-OH is 1. The number of rotatable bonds is 7. The number of carbonyl (C=O) groups is 1. The second-order valence-corrected chi connectivity index (χ2v) is 7.63. The van der Waals surface area contributed by atoms with E-state index in [1.165, 1.54) is 6.07 Å². The predicted molar refractivity (Wildman–Crippen MR) is 125 cm³/mol. The van der Waals surface area contributed by atoms with E-state index >= 15 is 0 Å². The standard InChI is InChI=1S/C21H33FN4O2.HI/c1-4-23-21(24-13-19(27)17-10-5-6-11-18(17)22)26-16-9-7-8-15(12-16)20(28)25-14(2)3;/h5-6,10-11,14-16,19,27H,4,7-9,12-13H2,1-3H3,(H,25,28)(H2,23,24,26);1H. The number of hydrogen-bond acceptors (Lipinski definition) is 3. The van der Waals surface area contributed by atoms with E-state index in [1.54, 1.807) is 18.2 Å². The van der Waals surface area contributed by atoms with Gasteiger partial charge in [0.1, 0.15) is 11.9 Å². The van der Waals surface area contributed by atoms with Crippen molar-refractivity contribution in [1.82, 2.24) is 16.0 Å². The maximum atomic E-state index is 13.8. The Labute approximate surface area is 190 Å². The molecular formula is C21H34FIN4O2. The van der Waals surface area contributed by atoms with E-state index in [0.29, 0.717) is 12.5 Å². The van der Waals surface area contributed by atoms with Crippen molar-refractivity contribution >= 4 is 35.8 Å². The molecule has 6 nitrogen and oxygen atoms in total. The topological polar surface area (TPSA) is 85.8 Å². The van der Waals surface area contributed by atoms with Gasteiger partial charge in [0, 0.05) is 30.1 Å². The minimum absolute atomic E-state index is 0. The number of carbonyl (C=O) groups excluding carboxylic acids is 1. The van der Waals surface area contributed by atoms with E-state index in [1.807, 2.05) is 20.8 Å². The van der Waals surface area contributed by atoms with Crippen molar-refractivity contribution < 1.29 is 14.3 Å². The van der Waals surface area contributed by atoms with Crippen LogP contribution in [0.1, 0.15) is 58.1 Å². The molecule has 1 saturated carbocycles. The molecule has 1 amide bonds. The zero-order valence-electron chi connectivity index (χ0n) is 17.5. The van der Waals surface area contributed by atoms with Crippen LogP contribution in [0.25, 0.3) is 0 Å². The molecule has 0 aliphatic heterocycles. The normalized spacial score (nSPS) is 20.6. The van der Waals surface area contributed by atoms with Crippen molar-refractivity contribution in [3.8, 4) is 0 Å². The third-order valence-electron chi connectivity index (χ3n) is 4.85. The van der Waals surface area contributed by atoms with Gasteiger partial charge in [-0.2, -0.15) is 0 Å². The van der Waals surface area contributed by atoms with Gasteiger partial charge in [-0.1, -0.05) is 24.6 Å². The van der Waals surface area contributed by atoms with E-state index in [2.05, 4.69) is 20.9 Å². The summed E-state index contributed by atoms with van der Waals surface area (Å²) in [6.07, 6.45) is 2.58. The molecule has 3 atom stereocenters. The highest BCUT2D eigenvalue weighted by atomic mass is 127. The van der Waals surface area contributed by atoms with Gasteiger partial charge < -0.3 is 21.1 Å². The molecule has 0 bridgehead atoms.